The summed E-state index contributed by atoms with van der Waals surface area (Å²) < 4.78 is 5.68. The maximum atomic E-state index is 12.9. The van der Waals surface area contributed by atoms with Crippen LogP contribution in [-0.2, 0) is 0 Å². The molecule has 0 aliphatic carbocycles. The number of hydrogen-bond donors (Lipinski definition) is 0. The molecule has 116 valence electrons. The van der Waals surface area contributed by atoms with E-state index in [1.54, 1.807) is 6.07 Å². The second-order valence-corrected chi connectivity index (χ2v) is 5.68. The molecule has 0 unspecified atom stereocenters. The van der Waals surface area contributed by atoms with Gasteiger partial charge >= 0.3 is 5.97 Å². The Bertz CT molecular complexity index is 1020. The van der Waals surface area contributed by atoms with Gasteiger partial charge in [-0.15, -0.1) is 0 Å². The van der Waals surface area contributed by atoms with Crippen molar-refractivity contribution in [1.82, 2.24) is 4.98 Å². The van der Waals surface area contributed by atoms with Crippen LogP contribution in [0.2, 0.25) is 0 Å². The summed E-state index contributed by atoms with van der Waals surface area (Å²) in [7, 11) is 0. The van der Waals surface area contributed by atoms with E-state index in [2.05, 4.69) is 4.98 Å². The van der Waals surface area contributed by atoms with E-state index in [9.17, 15) is 4.79 Å². The Morgan fingerprint density at radius 3 is 1.96 bits per heavy atom. The summed E-state index contributed by atoms with van der Waals surface area (Å²) in [4.78, 5) is 17.6. The zero-order chi connectivity index (χ0) is 16.5. The minimum Gasteiger partial charge on any atom is -0.423 e. The first-order chi connectivity index (χ1) is 11.7. The highest BCUT2D eigenvalue weighted by Crippen LogP contribution is 2.28. The van der Waals surface area contributed by atoms with E-state index >= 15 is 0 Å². The number of hydrogen-bond acceptors (Lipinski definition) is 3. The van der Waals surface area contributed by atoms with Crippen LogP contribution in [0.1, 0.15) is 15.9 Å². The number of pyridine rings is 1. The summed E-state index contributed by atoms with van der Waals surface area (Å²) in [6.07, 6.45) is 0. The number of fused-ring (bicyclic) bond motifs is 2. The van der Waals surface area contributed by atoms with Crippen molar-refractivity contribution in [2.75, 3.05) is 0 Å². The van der Waals surface area contributed by atoms with E-state index in [0.717, 1.165) is 27.4 Å². The molecule has 0 spiro atoms. The lowest BCUT2D eigenvalue weighted by Gasteiger charge is -2.11. The number of aromatic nitrogens is 1. The number of nitrogens with zero attached hydrogens (tertiary/aromatic N) is 1. The largest absolute Gasteiger partial charge is 0.423 e. The highest BCUT2D eigenvalue weighted by Gasteiger charge is 2.18. The molecule has 3 nitrogen and oxygen atoms in total. The molecule has 0 N–H and O–H groups in total. The molecule has 0 bridgehead atoms. The highest BCUT2D eigenvalue weighted by atomic mass is 16.5. The van der Waals surface area contributed by atoms with E-state index in [-0.39, 0.29) is 5.97 Å². The molecule has 1 heterocycles. The van der Waals surface area contributed by atoms with Gasteiger partial charge in [0, 0.05) is 10.8 Å². The molecule has 3 heteroatoms. The summed E-state index contributed by atoms with van der Waals surface area (Å²) in [6, 6.07) is 22.8. The number of esters is 1. The highest BCUT2D eigenvalue weighted by molar-refractivity contribution is 6.14. The Hall–Kier alpha value is -3.20. The van der Waals surface area contributed by atoms with Gasteiger partial charge < -0.3 is 4.74 Å². The van der Waals surface area contributed by atoms with Crippen molar-refractivity contribution in [2.45, 2.75) is 6.92 Å². The quantitative estimate of drug-likeness (QED) is 0.300. The first kappa shape index (κ1) is 14.4. The van der Waals surface area contributed by atoms with Crippen molar-refractivity contribution in [3.8, 4) is 5.75 Å². The van der Waals surface area contributed by atoms with Crippen LogP contribution >= 0.6 is 0 Å². The Balaban J connectivity index is 1.93. The van der Waals surface area contributed by atoms with Crippen LogP contribution in [0, 0.1) is 6.92 Å². The Morgan fingerprint density at radius 1 is 0.792 bits per heavy atom. The predicted molar refractivity (Wildman–Crippen MR) is 95.4 cm³/mol. The Morgan fingerprint density at radius 2 is 1.33 bits per heavy atom. The first-order valence-corrected chi connectivity index (χ1v) is 7.79. The summed E-state index contributed by atoms with van der Waals surface area (Å²) in [5.41, 5.74) is 3.05. The fraction of sp³-hybridized carbons (Fsp3) is 0.0476. The van der Waals surface area contributed by atoms with Crippen LogP contribution in [0.4, 0.5) is 0 Å². The predicted octanol–water partition coefficient (Wildman–Crippen LogP) is 4.92. The average Bonchev–Trinajstić information content (AvgIpc) is 2.61. The zero-order valence-electron chi connectivity index (χ0n) is 13.2. The summed E-state index contributed by atoms with van der Waals surface area (Å²) in [5.74, 6) is 0.214. The minimum atomic E-state index is -0.362. The normalized spacial score (nSPS) is 10.9. The van der Waals surface area contributed by atoms with Gasteiger partial charge in [-0.3, -0.25) is 0 Å². The van der Waals surface area contributed by atoms with Crippen molar-refractivity contribution in [3.63, 3.8) is 0 Å². The van der Waals surface area contributed by atoms with Gasteiger partial charge in [0.1, 0.15) is 5.75 Å². The van der Waals surface area contributed by atoms with Gasteiger partial charge in [0.25, 0.3) is 0 Å². The standard InChI is InChI=1S/C21H15NO2/c1-14-8-2-7-13-19(14)24-21(23)20-15-9-3-5-11-17(15)22-18-12-6-4-10-16(18)20/h2-13H,1H3. The van der Waals surface area contributed by atoms with E-state index in [4.69, 9.17) is 4.74 Å². The van der Waals surface area contributed by atoms with Crippen LogP contribution in [0.15, 0.2) is 72.8 Å². The monoisotopic (exact) mass is 313 g/mol. The first-order valence-electron chi connectivity index (χ1n) is 7.79. The number of carbonyl (C=O) groups is 1. The smallest absolute Gasteiger partial charge is 0.344 e. The number of para-hydroxylation sites is 3. The summed E-state index contributed by atoms with van der Waals surface area (Å²) in [5, 5.41) is 1.60. The van der Waals surface area contributed by atoms with Crippen LogP contribution < -0.4 is 4.74 Å². The van der Waals surface area contributed by atoms with E-state index in [1.165, 1.54) is 0 Å². The van der Waals surface area contributed by atoms with Crippen molar-refractivity contribution in [3.05, 3.63) is 83.9 Å². The topological polar surface area (TPSA) is 39.2 Å². The molecular formula is C21H15NO2. The second-order valence-electron chi connectivity index (χ2n) is 5.68. The van der Waals surface area contributed by atoms with Gasteiger partial charge in [-0.2, -0.15) is 0 Å². The third kappa shape index (κ3) is 2.40. The Kier molecular flexibility index (Phi) is 3.47. The second kappa shape index (κ2) is 5.78. The van der Waals surface area contributed by atoms with E-state index in [0.29, 0.717) is 11.3 Å². The molecule has 0 radical (unpaired) electrons. The fourth-order valence-corrected chi connectivity index (χ4v) is 2.88. The molecule has 0 fully saturated rings. The Labute approximate surface area is 139 Å². The van der Waals surface area contributed by atoms with Crippen LogP contribution in [0.25, 0.3) is 21.8 Å². The maximum Gasteiger partial charge on any atom is 0.344 e. The molecule has 0 saturated heterocycles. The van der Waals surface area contributed by atoms with Gasteiger partial charge in [-0.05, 0) is 30.7 Å². The maximum absolute atomic E-state index is 12.9. The number of ether oxygens (including phenoxy) is 1. The van der Waals surface area contributed by atoms with Gasteiger partial charge in [-0.1, -0.05) is 54.6 Å². The van der Waals surface area contributed by atoms with E-state index in [1.807, 2.05) is 73.7 Å². The molecule has 4 rings (SSSR count). The molecular weight excluding hydrogens is 298 g/mol. The molecule has 0 saturated carbocycles. The van der Waals surface area contributed by atoms with Gasteiger partial charge in [0.2, 0.25) is 0 Å². The molecule has 1 aromatic heterocycles. The van der Waals surface area contributed by atoms with Gasteiger partial charge in [0.05, 0.1) is 16.6 Å². The van der Waals surface area contributed by atoms with Gasteiger partial charge in [0.15, 0.2) is 0 Å². The van der Waals surface area contributed by atoms with Crippen LogP contribution in [0.3, 0.4) is 0 Å². The molecule has 4 aromatic rings. The number of aryl methyl sites for hydroxylation is 1. The molecule has 0 aliphatic heterocycles. The summed E-state index contributed by atoms with van der Waals surface area (Å²) in [6.45, 7) is 1.92. The van der Waals surface area contributed by atoms with Crippen molar-refractivity contribution in [1.29, 1.82) is 0 Å². The third-order valence-corrected chi connectivity index (χ3v) is 4.09. The third-order valence-electron chi connectivity index (χ3n) is 4.09. The fourth-order valence-electron chi connectivity index (χ4n) is 2.88. The van der Waals surface area contributed by atoms with Gasteiger partial charge in [-0.25, -0.2) is 9.78 Å². The molecule has 0 aliphatic rings. The zero-order valence-corrected chi connectivity index (χ0v) is 13.2. The SMILES string of the molecule is Cc1ccccc1OC(=O)c1c2ccccc2nc2ccccc12. The van der Waals surface area contributed by atoms with Crippen molar-refractivity contribution in [2.24, 2.45) is 0 Å². The summed E-state index contributed by atoms with van der Waals surface area (Å²) >= 11 is 0. The lowest BCUT2D eigenvalue weighted by molar-refractivity contribution is 0.0737. The molecule has 3 aromatic carbocycles. The number of rotatable bonds is 2. The van der Waals surface area contributed by atoms with Crippen molar-refractivity contribution < 1.29 is 9.53 Å². The lowest BCUT2D eigenvalue weighted by Crippen LogP contribution is -2.11. The van der Waals surface area contributed by atoms with Crippen LogP contribution in [-0.4, -0.2) is 11.0 Å². The van der Waals surface area contributed by atoms with Crippen LogP contribution in [0.5, 0.6) is 5.75 Å². The van der Waals surface area contributed by atoms with E-state index < -0.39 is 0 Å². The minimum absolute atomic E-state index is 0.362. The number of benzene rings is 3. The lowest BCUT2D eigenvalue weighted by atomic mass is 10.0. The molecule has 0 amide bonds. The average molecular weight is 313 g/mol. The van der Waals surface area contributed by atoms with Crippen molar-refractivity contribution >= 4 is 27.8 Å². The number of carbonyl (C=O) groups excluding carboxylic acids is 1. The molecule has 0 atom stereocenters. The molecule has 24 heavy (non-hydrogen) atoms.